The Hall–Kier alpha value is -2.45. The van der Waals surface area contributed by atoms with Crippen LogP contribution in [0, 0.1) is 0 Å². The van der Waals surface area contributed by atoms with Crippen LogP contribution in [0.2, 0.25) is 0 Å². The molecule has 0 saturated heterocycles. The summed E-state index contributed by atoms with van der Waals surface area (Å²) in [5.41, 5.74) is 4.84. The van der Waals surface area contributed by atoms with Crippen molar-refractivity contribution in [3.05, 3.63) is 96.1 Å². The molecule has 1 atom stereocenters. The fourth-order valence-electron chi connectivity index (χ4n) is 3.13. The topological polar surface area (TPSA) is 3.24 Å². The molecule has 1 heterocycles. The molecule has 0 amide bonds. The molecular formula is C20H15NS. The van der Waals surface area contributed by atoms with Gasteiger partial charge in [0.05, 0.1) is 16.6 Å². The first kappa shape index (κ1) is 13.2. The van der Waals surface area contributed by atoms with E-state index in [1.807, 2.05) is 12.1 Å². The summed E-state index contributed by atoms with van der Waals surface area (Å²) < 4.78 is 0. The summed E-state index contributed by atoms with van der Waals surface area (Å²) >= 11 is 5.86. The Balaban J connectivity index is 1.89. The number of nitrogens with zero attached hydrogens (tertiary/aromatic N) is 1. The van der Waals surface area contributed by atoms with E-state index in [1.165, 1.54) is 16.8 Å². The van der Waals surface area contributed by atoms with Crippen LogP contribution >= 0.6 is 12.2 Å². The molecule has 106 valence electrons. The van der Waals surface area contributed by atoms with Crippen molar-refractivity contribution in [1.82, 2.24) is 0 Å². The fourth-order valence-corrected chi connectivity index (χ4v) is 3.59. The standard InChI is InChI=1S/C20H15NS/c22-20-19(15-9-3-1-4-10-15)17-13-7-8-14-18(17)21(20)16-11-5-2-6-12-16/h1-14,19H. The van der Waals surface area contributed by atoms with Gasteiger partial charge < -0.3 is 4.90 Å². The molecule has 3 aromatic carbocycles. The number of anilines is 2. The average molecular weight is 301 g/mol. The summed E-state index contributed by atoms with van der Waals surface area (Å²) in [6.45, 7) is 0. The molecule has 22 heavy (non-hydrogen) atoms. The van der Waals surface area contributed by atoms with E-state index in [9.17, 15) is 0 Å². The lowest BCUT2D eigenvalue weighted by atomic mass is 9.93. The van der Waals surface area contributed by atoms with Crippen molar-refractivity contribution in [2.24, 2.45) is 0 Å². The molecular weight excluding hydrogens is 286 g/mol. The van der Waals surface area contributed by atoms with Crippen LogP contribution in [0.15, 0.2) is 84.9 Å². The fraction of sp³-hybridized carbons (Fsp3) is 0.0500. The maximum Gasteiger partial charge on any atom is 0.0991 e. The molecule has 0 saturated carbocycles. The number of benzene rings is 3. The van der Waals surface area contributed by atoms with Gasteiger partial charge in [0.25, 0.3) is 0 Å². The third-order valence-electron chi connectivity index (χ3n) is 4.10. The molecule has 0 N–H and O–H groups in total. The summed E-state index contributed by atoms with van der Waals surface area (Å²) in [6, 6.07) is 29.4. The monoisotopic (exact) mass is 301 g/mol. The smallest absolute Gasteiger partial charge is 0.0991 e. The van der Waals surface area contributed by atoms with Gasteiger partial charge in [-0.1, -0.05) is 78.9 Å². The van der Waals surface area contributed by atoms with Crippen molar-refractivity contribution in [2.75, 3.05) is 4.90 Å². The van der Waals surface area contributed by atoms with E-state index in [0.29, 0.717) is 0 Å². The van der Waals surface area contributed by atoms with Crippen molar-refractivity contribution in [3.63, 3.8) is 0 Å². The molecule has 1 aliphatic rings. The van der Waals surface area contributed by atoms with Crippen LogP contribution in [0.25, 0.3) is 0 Å². The zero-order valence-electron chi connectivity index (χ0n) is 12.0. The minimum absolute atomic E-state index is 0.146. The lowest BCUT2D eigenvalue weighted by Gasteiger charge is -2.21. The number of para-hydroxylation sites is 2. The van der Waals surface area contributed by atoms with Gasteiger partial charge in [-0.25, -0.2) is 0 Å². The van der Waals surface area contributed by atoms with Gasteiger partial charge in [0.2, 0.25) is 0 Å². The summed E-state index contributed by atoms with van der Waals surface area (Å²) in [7, 11) is 0. The third-order valence-corrected chi connectivity index (χ3v) is 4.52. The first-order valence-electron chi connectivity index (χ1n) is 7.39. The van der Waals surface area contributed by atoms with Crippen LogP contribution in [0.5, 0.6) is 0 Å². The average Bonchev–Trinajstić information content (AvgIpc) is 2.88. The molecule has 0 aliphatic carbocycles. The molecule has 0 radical (unpaired) electrons. The van der Waals surface area contributed by atoms with Crippen molar-refractivity contribution in [2.45, 2.75) is 5.92 Å². The van der Waals surface area contributed by atoms with E-state index in [4.69, 9.17) is 12.2 Å². The summed E-state index contributed by atoms with van der Waals surface area (Å²) in [6.07, 6.45) is 0. The molecule has 3 aromatic rings. The van der Waals surface area contributed by atoms with Crippen LogP contribution in [0.1, 0.15) is 17.0 Å². The van der Waals surface area contributed by atoms with Crippen LogP contribution in [-0.4, -0.2) is 4.99 Å². The highest BCUT2D eigenvalue weighted by Gasteiger charge is 2.35. The minimum Gasteiger partial charge on any atom is -0.304 e. The van der Waals surface area contributed by atoms with Crippen molar-refractivity contribution < 1.29 is 0 Å². The molecule has 2 heteroatoms. The molecule has 1 nitrogen and oxygen atoms in total. The zero-order chi connectivity index (χ0) is 14.9. The van der Waals surface area contributed by atoms with Crippen LogP contribution in [0.3, 0.4) is 0 Å². The van der Waals surface area contributed by atoms with Crippen molar-refractivity contribution in [1.29, 1.82) is 0 Å². The van der Waals surface area contributed by atoms with Crippen LogP contribution in [-0.2, 0) is 0 Å². The van der Waals surface area contributed by atoms with Gasteiger partial charge in [0.1, 0.15) is 0 Å². The third kappa shape index (κ3) is 2.04. The van der Waals surface area contributed by atoms with Crippen LogP contribution < -0.4 is 4.90 Å². The lowest BCUT2D eigenvalue weighted by molar-refractivity contribution is 1.13. The Bertz CT molecular complexity index is 743. The highest BCUT2D eigenvalue weighted by molar-refractivity contribution is 7.80. The molecule has 0 bridgehead atoms. The number of fused-ring (bicyclic) bond motifs is 1. The summed E-state index contributed by atoms with van der Waals surface area (Å²) in [5.74, 6) is 0.146. The van der Waals surface area contributed by atoms with E-state index in [0.717, 1.165) is 10.7 Å². The number of hydrogen-bond donors (Lipinski definition) is 0. The van der Waals surface area contributed by atoms with Gasteiger partial charge in [0.15, 0.2) is 0 Å². The van der Waals surface area contributed by atoms with Crippen molar-refractivity contribution >= 4 is 28.6 Å². The highest BCUT2D eigenvalue weighted by Crippen LogP contribution is 2.45. The largest absolute Gasteiger partial charge is 0.304 e. The number of hydrogen-bond acceptors (Lipinski definition) is 1. The molecule has 0 spiro atoms. The maximum atomic E-state index is 5.86. The highest BCUT2D eigenvalue weighted by atomic mass is 32.1. The molecule has 0 aromatic heterocycles. The second-order valence-corrected chi connectivity index (χ2v) is 5.83. The Morgan fingerprint density at radius 1 is 0.682 bits per heavy atom. The Labute approximate surface area is 135 Å². The van der Waals surface area contributed by atoms with E-state index in [2.05, 4.69) is 77.7 Å². The Morgan fingerprint density at radius 3 is 2.00 bits per heavy atom. The Kier molecular flexibility index (Phi) is 3.24. The molecule has 1 unspecified atom stereocenters. The molecule has 4 rings (SSSR count). The van der Waals surface area contributed by atoms with Crippen molar-refractivity contribution in [3.8, 4) is 0 Å². The first-order chi connectivity index (χ1) is 10.9. The SMILES string of the molecule is S=C1C(c2ccccc2)c2ccccc2N1c1ccccc1. The summed E-state index contributed by atoms with van der Waals surface area (Å²) in [4.78, 5) is 3.14. The van der Waals surface area contributed by atoms with Gasteiger partial charge in [-0.15, -0.1) is 0 Å². The predicted octanol–water partition coefficient (Wildman–Crippen LogP) is 5.30. The first-order valence-corrected chi connectivity index (χ1v) is 7.80. The normalized spacial score (nSPS) is 16.6. The molecule has 0 fully saturated rings. The zero-order valence-corrected chi connectivity index (χ0v) is 12.8. The van der Waals surface area contributed by atoms with Gasteiger partial charge in [-0.2, -0.15) is 0 Å². The quantitative estimate of drug-likeness (QED) is 0.591. The molecule has 1 aliphatic heterocycles. The Morgan fingerprint density at radius 2 is 1.27 bits per heavy atom. The van der Waals surface area contributed by atoms with E-state index >= 15 is 0 Å². The summed E-state index contributed by atoms with van der Waals surface area (Å²) in [5, 5.41) is 0. The van der Waals surface area contributed by atoms with Gasteiger partial charge >= 0.3 is 0 Å². The van der Waals surface area contributed by atoms with E-state index < -0.39 is 0 Å². The lowest BCUT2D eigenvalue weighted by Crippen LogP contribution is -2.22. The van der Waals surface area contributed by atoms with E-state index in [-0.39, 0.29) is 5.92 Å². The number of thiocarbonyl (C=S) groups is 1. The van der Waals surface area contributed by atoms with E-state index in [1.54, 1.807) is 0 Å². The van der Waals surface area contributed by atoms with Gasteiger partial charge in [-0.3, -0.25) is 0 Å². The maximum absolute atomic E-state index is 5.86. The van der Waals surface area contributed by atoms with Gasteiger partial charge in [0, 0.05) is 5.69 Å². The van der Waals surface area contributed by atoms with Gasteiger partial charge in [-0.05, 0) is 29.3 Å². The second-order valence-electron chi connectivity index (χ2n) is 5.41. The van der Waals surface area contributed by atoms with Crippen LogP contribution in [0.4, 0.5) is 11.4 Å². The predicted molar refractivity (Wildman–Crippen MR) is 95.9 cm³/mol. The second kappa shape index (κ2) is 5.39. The minimum atomic E-state index is 0.146. The number of rotatable bonds is 2.